The van der Waals surface area contributed by atoms with E-state index >= 15 is 0 Å². The lowest BCUT2D eigenvalue weighted by molar-refractivity contribution is -0.143. The van der Waals surface area contributed by atoms with Crippen molar-refractivity contribution in [3.8, 4) is 5.69 Å². The molecule has 0 fully saturated rings. The molecule has 3 aromatic rings. The number of benzene rings is 2. The lowest BCUT2D eigenvalue weighted by Gasteiger charge is -2.14. The molecule has 3 rings (SSSR count). The molecule has 170 valence electrons. The predicted octanol–water partition coefficient (Wildman–Crippen LogP) is 4.30. The first kappa shape index (κ1) is 23.9. The second kappa shape index (κ2) is 8.30. The summed E-state index contributed by atoms with van der Waals surface area (Å²) in [6.45, 7) is 1.37. The van der Waals surface area contributed by atoms with E-state index in [4.69, 9.17) is 23.2 Å². The Morgan fingerprint density at radius 2 is 1.78 bits per heavy atom. The van der Waals surface area contributed by atoms with Crippen LogP contribution in [0.25, 0.3) is 5.69 Å². The number of aryl methyl sites for hydroxylation is 1. The van der Waals surface area contributed by atoms with Gasteiger partial charge in [0.2, 0.25) is 0 Å². The quantitative estimate of drug-likeness (QED) is 0.524. The normalized spacial score (nSPS) is 12.1. The number of aromatic nitrogens is 3. The number of rotatable bonds is 4. The van der Waals surface area contributed by atoms with Crippen molar-refractivity contribution in [2.75, 3.05) is 0 Å². The number of nitrogens with one attached hydrogen (secondary N) is 1. The molecule has 1 aromatic heterocycles. The highest BCUT2D eigenvalue weighted by atomic mass is 35.5. The zero-order valence-electron chi connectivity index (χ0n) is 15.5. The maximum atomic E-state index is 13.8. The zero-order chi connectivity index (χ0) is 24.0. The fourth-order valence-corrected chi connectivity index (χ4v) is 4.42. The van der Waals surface area contributed by atoms with Crippen LogP contribution in [-0.2, 0) is 16.2 Å². The van der Waals surface area contributed by atoms with E-state index in [1.165, 1.54) is 17.7 Å². The summed E-state index contributed by atoms with van der Waals surface area (Å²) in [7, 11) is -5.02. The van der Waals surface area contributed by atoms with Gasteiger partial charge in [-0.3, -0.25) is 4.79 Å². The third kappa shape index (κ3) is 4.54. The molecule has 0 aliphatic rings. The van der Waals surface area contributed by atoms with Crippen molar-refractivity contribution >= 4 is 39.1 Å². The first-order valence-electron chi connectivity index (χ1n) is 8.23. The number of hydrogen-bond acceptors (Lipinski definition) is 5. The van der Waals surface area contributed by atoms with Crippen LogP contribution in [0.4, 0.5) is 22.0 Å². The summed E-state index contributed by atoms with van der Waals surface area (Å²) in [5.41, 5.74) is -3.32. The second-order valence-electron chi connectivity index (χ2n) is 6.26. The number of alkyl halides is 3. The Labute approximate surface area is 186 Å². The average Bonchev–Trinajstić information content (AvgIpc) is 3.05. The molecule has 0 spiro atoms. The number of halogens is 7. The average molecular weight is 515 g/mol. The molecule has 7 nitrogen and oxygen atoms in total. The van der Waals surface area contributed by atoms with E-state index in [-0.39, 0.29) is 32.0 Å². The predicted molar refractivity (Wildman–Crippen MR) is 102 cm³/mol. The van der Waals surface area contributed by atoms with Crippen molar-refractivity contribution in [2.45, 2.75) is 18.0 Å². The van der Waals surface area contributed by atoms with E-state index in [1.807, 2.05) is 0 Å². The molecule has 32 heavy (non-hydrogen) atoms. The first-order valence-corrected chi connectivity index (χ1v) is 10.5. The molecule has 0 bridgehead atoms. The van der Waals surface area contributed by atoms with Gasteiger partial charge < -0.3 is 0 Å². The van der Waals surface area contributed by atoms with Crippen LogP contribution in [-0.4, -0.2) is 29.3 Å². The summed E-state index contributed by atoms with van der Waals surface area (Å²) in [5, 5.41) is 6.32. The second-order valence-corrected chi connectivity index (χ2v) is 8.75. The van der Waals surface area contributed by atoms with Crippen molar-refractivity contribution in [2.24, 2.45) is 0 Å². The molecule has 0 aliphatic carbocycles. The molecular formula is C17H9Cl2F5N4O3S. The van der Waals surface area contributed by atoms with Gasteiger partial charge >= 0.3 is 6.18 Å². The highest BCUT2D eigenvalue weighted by Crippen LogP contribution is 2.36. The largest absolute Gasteiger partial charge is 0.435 e. The Morgan fingerprint density at radius 3 is 2.34 bits per heavy atom. The van der Waals surface area contributed by atoms with Crippen LogP contribution >= 0.6 is 23.2 Å². The van der Waals surface area contributed by atoms with Crippen molar-refractivity contribution in [3.63, 3.8) is 0 Å². The number of carbonyl (C=O) groups is 1. The van der Waals surface area contributed by atoms with Gasteiger partial charge in [0.15, 0.2) is 11.4 Å². The van der Waals surface area contributed by atoms with Gasteiger partial charge in [-0.25, -0.2) is 26.6 Å². The Kier molecular flexibility index (Phi) is 6.19. The van der Waals surface area contributed by atoms with Gasteiger partial charge in [-0.05, 0) is 36.8 Å². The Morgan fingerprint density at radius 1 is 1.12 bits per heavy atom. The van der Waals surface area contributed by atoms with Gasteiger partial charge in [-0.1, -0.05) is 28.4 Å². The Balaban J connectivity index is 2.10. The number of hydrogen-bond donors (Lipinski definition) is 1. The van der Waals surface area contributed by atoms with E-state index in [1.54, 1.807) is 0 Å². The summed E-state index contributed by atoms with van der Waals surface area (Å²) in [4.78, 5) is 11.2. The molecule has 1 heterocycles. The van der Waals surface area contributed by atoms with Crippen molar-refractivity contribution < 1.29 is 35.2 Å². The number of sulfonamides is 1. The maximum absolute atomic E-state index is 13.8. The molecule has 15 heteroatoms. The van der Waals surface area contributed by atoms with Gasteiger partial charge in [-0.15, -0.1) is 5.10 Å². The fraction of sp³-hybridized carbons (Fsp3) is 0.118. The van der Waals surface area contributed by atoms with Crippen LogP contribution in [0.15, 0.2) is 35.2 Å². The molecule has 2 aromatic carbocycles. The molecule has 1 N–H and O–H groups in total. The van der Waals surface area contributed by atoms with E-state index < -0.39 is 50.0 Å². The summed E-state index contributed by atoms with van der Waals surface area (Å²) in [6, 6.07) is 3.73. The molecule has 0 saturated carbocycles. The zero-order valence-corrected chi connectivity index (χ0v) is 17.8. The third-order valence-electron chi connectivity index (χ3n) is 3.99. The Bertz CT molecular complexity index is 1320. The van der Waals surface area contributed by atoms with Crippen molar-refractivity contribution in [3.05, 3.63) is 69.0 Å². The Hall–Kier alpha value is -2.77. The summed E-state index contributed by atoms with van der Waals surface area (Å²) < 4.78 is 94.2. The minimum atomic E-state index is -5.24. The van der Waals surface area contributed by atoms with E-state index in [2.05, 4.69) is 10.3 Å². The molecule has 0 saturated heterocycles. The third-order valence-corrected chi connectivity index (χ3v) is 5.87. The monoisotopic (exact) mass is 514 g/mol. The van der Waals surface area contributed by atoms with Crippen LogP contribution in [0.3, 0.4) is 0 Å². The summed E-state index contributed by atoms with van der Waals surface area (Å²) in [5.74, 6) is -4.52. The topological polar surface area (TPSA) is 93.9 Å². The van der Waals surface area contributed by atoms with Crippen molar-refractivity contribution in [1.29, 1.82) is 0 Å². The minimum Gasteiger partial charge on any atom is -0.266 e. The summed E-state index contributed by atoms with van der Waals surface area (Å²) >= 11 is 11.8. The number of amides is 1. The summed E-state index contributed by atoms with van der Waals surface area (Å²) in [6.07, 6.45) is -5.24. The lowest BCUT2D eigenvalue weighted by Crippen LogP contribution is -2.33. The standard InChI is InChI=1S/C17H9Cl2F5N4O3S/c1-7-4-8(18)5-10(19)14(7)28-15(17(22,23)24)13(25-27-28)16(29)26-32(30,31)12-3-2-9(20)6-11(12)21/h2-6H,1H3,(H,26,29). The molecule has 0 atom stereocenters. The van der Waals surface area contributed by atoms with E-state index in [0.717, 1.165) is 6.07 Å². The molecule has 0 aliphatic heterocycles. The van der Waals surface area contributed by atoms with Gasteiger partial charge in [0.05, 0.1) is 10.7 Å². The smallest absolute Gasteiger partial charge is 0.266 e. The van der Waals surface area contributed by atoms with Crippen LogP contribution < -0.4 is 4.72 Å². The van der Waals surface area contributed by atoms with Crippen molar-refractivity contribution in [1.82, 2.24) is 19.7 Å². The SMILES string of the molecule is Cc1cc(Cl)cc(Cl)c1-n1nnc(C(=O)NS(=O)(=O)c2ccc(F)cc2F)c1C(F)(F)F. The highest BCUT2D eigenvalue weighted by Gasteiger charge is 2.43. The van der Waals surface area contributed by atoms with Gasteiger partial charge in [0.25, 0.3) is 15.9 Å². The van der Waals surface area contributed by atoms with Crippen LogP contribution in [0.1, 0.15) is 21.7 Å². The highest BCUT2D eigenvalue weighted by molar-refractivity contribution is 7.90. The van der Waals surface area contributed by atoms with Crippen LogP contribution in [0.2, 0.25) is 10.0 Å². The maximum Gasteiger partial charge on any atom is 0.435 e. The van der Waals surface area contributed by atoms with Crippen LogP contribution in [0, 0.1) is 18.6 Å². The van der Waals surface area contributed by atoms with Gasteiger partial charge in [0.1, 0.15) is 16.5 Å². The minimum absolute atomic E-state index is 0.121. The van der Waals surface area contributed by atoms with Gasteiger partial charge in [-0.2, -0.15) is 13.2 Å². The lowest BCUT2D eigenvalue weighted by atomic mass is 10.2. The molecule has 1 amide bonds. The number of nitrogens with zero attached hydrogens (tertiary/aromatic N) is 3. The first-order chi connectivity index (χ1) is 14.7. The van der Waals surface area contributed by atoms with Crippen LogP contribution in [0.5, 0.6) is 0 Å². The van der Waals surface area contributed by atoms with E-state index in [0.29, 0.717) is 12.1 Å². The number of carbonyl (C=O) groups excluding carboxylic acids is 1. The molecule has 0 radical (unpaired) electrons. The molecule has 0 unspecified atom stereocenters. The van der Waals surface area contributed by atoms with Gasteiger partial charge in [0, 0.05) is 11.1 Å². The van der Waals surface area contributed by atoms with E-state index in [9.17, 15) is 35.2 Å². The molecular weight excluding hydrogens is 506 g/mol. The fourth-order valence-electron chi connectivity index (χ4n) is 2.73.